The van der Waals surface area contributed by atoms with Gasteiger partial charge in [-0.25, -0.2) is 0 Å². The van der Waals surface area contributed by atoms with Gasteiger partial charge in [-0.3, -0.25) is 0 Å². The van der Waals surface area contributed by atoms with Gasteiger partial charge in [0, 0.05) is 5.92 Å². The molecule has 0 spiro atoms. The third-order valence-electron chi connectivity index (χ3n) is 4.24. The van der Waals surface area contributed by atoms with Crippen molar-refractivity contribution in [1.82, 2.24) is 10.1 Å². The Hall–Kier alpha value is -1.35. The molecule has 2 aromatic rings. The number of rotatable bonds is 3. The number of hydrogen-bond acceptors (Lipinski definition) is 3. The van der Waals surface area contributed by atoms with E-state index in [0.29, 0.717) is 11.8 Å². The zero-order valence-corrected chi connectivity index (χ0v) is 12.9. The van der Waals surface area contributed by atoms with Crippen molar-refractivity contribution in [3.63, 3.8) is 0 Å². The topological polar surface area (TPSA) is 38.9 Å². The van der Waals surface area contributed by atoms with E-state index in [1.54, 1.807) is 0 Å². The summed E-state index contributed by atoms with van der Waals surface area (Å²) in [6.07, 6.45) is 8.86. The maximum absolute atomic E-state index is 6.45. The van der Waals surface area contributed by atoms with Gasteiger partial charge in [0.25, 0.3) is 0 Å². The number of alkyl halides is 1. The van der Waals surface area contributed by atoms with Gasteiger partial charge < -0.3 is 4.52 Å². The summed E-state index contributed by atoms with van der Waals surface area (Å²) in [5, 5.41) is 3.83. The Morgan fingerprint density at radius 3 is 2.38 bits per heavy atom. The zero-order chi connectivity index (χ0) is 14.5. The summed E-state index contributed by atoms with van der Waals surface area (Å²) in [4.78, 5) is 4.57. The van der Waals surface area contributed by atoms with E-state index >= 15 is 0 Å². The molecule has 0 radical (unpaired) electrons. The normalized spacial score (nSPS) is 18.9. The summed E-state index contributed by atoms with van der Waals surface area (Å²) in [5.41, 5.74) is 0.993. The molecular weight excluding hydrogens is 284 g/mol. The number of halogens is 1. The molecule has 1 unspecified atom stereocenters. The lowest BCUT2D eigenvalue weighted by Crippen LogP contribution is -2.04. The molecule has 3 nitrogen and oxygen atoms in total. The van der Waals surface area contributed by atoms with Gasteiger partial charge in [-0.2, -0.15) is 4.98 Å². The van der Waals surface area contributed by atoms with E-state index in [1.807, 2.05) is 30.3 Å². The first-order valence-electron chi connectivity index (χ1n) is 7.87. The van der Waals surface area contributed by atoms with Gasteiger partial charge in [-0.05, 0) is 18.4 Å². The number of aromatic nitrogens is 2. The molecule has 1 aliphatic rings. The number of hydrogen-bond donors (Lipinski definition) is 0. The molecule has 1 aromatic heterocycles. The molecule has 0 saturated heterocycles. The number of benzene rings is 1. The monoisotopic (exact) mass is 304 g/mol. The van der Waals surface area contributed by atoms with Crippen LogP contribution in [0.15, 0.2) is 34.9 Å². The fourth-order valence-electron chi connectivity index (χ4n) is 2.99. The Morgan fingerprint density at radius 1 is 1.00 bits per heavy atom. The molecule has 3 rings (SSSR count). The predicted molar refractivity (Wildman–Crippen MR) is 83.5 cm³/mol. The molecule has 21 heavy (non-hydrogen) atoms. The maximum atomic E-state index is 6.45. The van der Waals surface area contributed by atoms with Crippen LogP contribution in [0.4, 0.5) is 0 Å². The molecule has 0 bridgehead atoms. The lowest BCUT2D eigenvalue weighted by Gasteiger charge is -2.15. The Balaban J connectivity index is 1.73. The van der Waals surface area contributed by atoms with E-state index in [-0.39, 0.29) is 5.38 Å². The summed E-state index contributed by atoms with van der Waals surface area (Å²) >= 11 is 6.45. The van der Waals surface area contributed by atoms with Crippen LogP contribution in [-0.2, 0) is 0 Å². The first-order chi connectivity index (χ1) is 10.3. The van der Waals surface area contributed by atoms with Crippen LogP contribution in [0.5, 0.6) is 0 Å². The Bertz CT molecular complexity index is 547. The average Bonchev–Trinajstić information content (AvgIpc) is 2.97. The summed E-state index contributed by atoms with van der Waals surface area (Å²) in [6, 6.07) is 9.88. The summed E-state index contributed by atoms with van der Waals surface area (Å²) in [5.74, 6) is 1.79. The summed E-state index contributed by atoms with van der Waals surface area (Å²) in [6.45, 7) is 0. The fraction of sp³-hybridized carbons (Fsp3) is 0.529. The minimum Gasteiger partial charge on any atom is -0.337 e. The fourth-order valence-corrected chi connectivity index (χ4v) is 3.23. The lowest BCUT2D eigenvalue weighted by molar-refractivity contribution is 0.364. The van der Waals surface area contributed by atoms with Crippen molar-refractivity contribution in [2.24, 2.45) is 0 Å². The van der Waals surface area contributed by atoms with Crippen LogP contribution in [0.2, 0.25) is 0 Å². The van der Waals surface area contributed by atoms with E-state index in [4.69, 9.17) is 16.1 Å². The van der Waals surface area contributed by atoms with Crippen LogP contribution in [0.3, 0.4) is 0 Å². The molecule has 1 atom stereocenters. The molecule has 1 aromatic carbocycles. The quantitative estimate of drug-likeness (QED) is 0.729. The molecule has 4 heteroatoms. The summed E-state index contributed by atoms with van der Waals surface area (Å²) in [7, 11) is 0. The SMILES string of the molecule is ClC(c1ccccc1)c1nc(C2CCCCCCC2)no1. The van der Waals surface area contributed by atoms with Gasteiger partial charge in [-0.15, -0.1) is 11.6 Å². The molecule has 1 fully saturated rings. The predicted octanol–water partition coefficient (Wildman–Crippen LogP) is 5.23. The maximum Gasteiger partial charge on any atom is 0.249 e. The van der Waals surface area contributed by atoms with Crippen LogP contribution in [0, 0.1) is 0 Å². The third kappa shape index (κ3) is 3.65. The third-order valence-corrected chi connectivity index (χ3v) is 4.68. The van der Waals surface area contributed by atoms with Crippen LogP contribution in [0.1, 0.15) is 73.5 Å². The van der Waals surface area contributed by atoms with Crippen molar-refractivity contribution >= 4 is 11.6 Å². The second kappa shape index (κ2) is 7.08. The van der Waals surface area contributed by atoms with Crippen molar-refractivity contribution in [2.45, 2.75) is 56.2 Å². The van der Waals surface area contributed by atoms with Crippen LogP contribution in [0.25, 0.3) is 0 Å². The standard InChI is InChI=1S/C17H21ClN2O/c18-15(13-9-7-4-8-10-13)17-19-16(20-21-17)14-11-5-2-1-3-6-12-14/h4,7-10,14-15H,1-3,5-6,11-12H2. The highest BCUT2D eigenvalue weighted by Gasteiger charge is 2.23. The van der Waals surface area contributed by atoms with Gasteiger partial charge >= 0.3 is 0 Å². The first-order valence-corrected chi connectivity index (χ1v) is 8.31. The van der Waals surface area contributed by atoms with E-state index in [0.717, 1.165) is 24.2 Å². The second-order valence-electron chi connectivity index (χ2n) is 5.81. The average molecular weight is 305 g/mol. The van der Waals surface area contributed by atoms with Gasteiger partial charge in [0.05, 0.1) is 0 Å². The van der Waals surface area contributed by atoms with Gasteiger partial charge in [0.15, 0.2) is 5.82 Å². The molecule has 1 saturated carbocycles. The van der Waals surface area contributed by atoms with Crippen LogP contribution in [-0.4, -0.2) is 10.1 Å². The van der Waals surface area contributed by atoms with E-state index in [2.05, 4.69) is 10.1 Å². The smallest absolute Gasteiger partial charge is 0.249 e. The highest BCUT2D eigenvalue weighted by molar-refractivity contribution is 6.22. The zero-order valence-electron chi connectivity index (χ0n) is 12.2. The van der Waals surface area contributed by atoms with Crippen molar-refractivity contribution < 1.29 is 4.52 Å². The number of nitrogens with zero attached hydrogens (tertiary/aromatic N) is 2. The van der Waals surface area contributed by atoms with Crippen molar-refractivity contribution in [3.05, 3.63) is 47.6 Å². The largest absolute Gasteiger partial charge is 0.337 e. The first kappa shape index (κ1) is 14.6. The van der Waals surface area contributed by atoms with Crippen molar-refractivity contribution in [1.29, 1.82) is 0 Å². The van der Waals surface area contributed by atoms with Gasteiger partial charge in [0.2, 0.25) is 5.89 Å². The van der Waals surface area contributed by atoms with Gasteiger partial charge in [0.1, 0.15) is 5.38 Å². The highest BCUT2D eigenvalue weighted by atomic mass is 35.5. The molecule has 0 N–H and O–H groups in total. The Kier molecular flexibility index (Phi) is 4.91. The minimum atomic E-state index is -0.360. The molecular formula is C17H21ClN2O. The van der Waals surface area contributed by atoms with Gasteiger partial charge in [-0.1, -0.05) is 67.6 Å². The van der Waals surface area contributed by atoms with Crippen molar-refractivity contribution in [2.75, 3.05) is 0 Å². The Morgan fingerprint density at radius 2 is 1.67 bits per heavy atom. The van der Waals surface area contributed by atoms with Crippen LogP contribution < -0.4 is 0 Å². The molecule has 0 aliphatic heterocycles. The molecule has 1 heterocycles. The van der Waals surface area contributed by atoms with Crippen LogP contribution >= 0.6 is 11.6 Å². The minimum absolute atomic E-state index is 0.360. The van der Waals surface area contributed by atoms with E-state index < -0.39 is 0 Å². The molecule has 0 amide bonds. The van der Waals surface area contributed by atoms with E-state index in [1.165, 1.54) is 32.1 Å². The highest BCUT2D eigenvalue weighted by Crippen LogP contribution is 2.32. The van der Waals surface area contributed by atoms with E-state index in [9.17, 15) is 0 Å². The second-order valence-corrected chi connectivity index (χ2v) is 6.24. The molecule has 112 valence electrons. The van der Waals surface area contributed by atoms with Crippen molar-refractivity contribution in [3.8, 4) is 0 Å². The Labute approximate surface area is 130 Å². The lowest BCUT2D eigenvalue weighted by atomic mass is 9.91. The summed E-state index contributed by atoms with van der Waals surface area (Å²) < 4.78 is 5.41. The molecule has 1 aliphatic carbocycles.